The molecule has 0 N–H and O–H groups in total. The average molecular weight is 422 g/mol. The summed E-state index contributed by atoms with van der Waals surface area (Å²) in [5, 5.41) is 4.32. The second-order valence-electron chi connectivity index (χ2n) is 6.80. The van der Waals surface area contributed by atoms with Crippen LogP contribution in [0.25, 0.3) is 6.08 Å². The third-order valence-corrected chi connectivity index (χ3v) is 4.59. The maximum Gasteiger partial charge on any atom is 0.435 e. The zero-order valence-electron chi connectivity index (χ0n) is 16.2. The number of alkyl halides is 3. The zero-order chi connectivity index (χ0) is 21.8. The van der Waals surface area contributed by atoms with Crippen LogP contribution in [0.15, 0.2) is 95.6 Å². The molecular formula is C24H17F3N2O2. The fourth-order valence-electron chi connectivity index (χ4n) is 3.07. The van der Waals surface area contributed by atoms with Crippen LogP contribution < -0.4 is 9.75 Å². The Kier molecular flexibility index (Phi) is 5.58. The van der Waals surface area contributed by atoms with Gasteiger partial charge in [-0.25, -0.2) is 0 Å². The van der Waals surface area contributed by atoms with E-state index in [1.54, 1.807) is 42.5 Å². The third kappa shape index (κ3) is 4.66. The number of carbonyl (C=O) groups excluding carboxylic acids is 1. The second kappa shape index (κ2) is 8.47. The topological polar surface area (TPSA) is 41.9 Å². The number of rotatable bonds is 5. The SMILES string of the molecule is O=C1/C(=C\c2ccc(OCc3ccccc3)cc2)C(C(F)(F)F)=NN1c1ccccc1. The molecular weight excluding hydrogens is 405 g/mol. The lowest BCUT2D eigenvalue weighted by atomic mass is 10.1. The van der Waals surface area contributed by atoms with Crippen LogP contribution in [-0.2, 0) is 11.4 Å². The van der Waals surface area contributed by atoms with Gasteiger partial charge < -0.3 is 4.74 Å². The number of carbonyl (C=O) groups is 1. The molecule has 4 nitrogen and oxygen atoms in total. The van der Waals surface area contributed by atoms with E-state index < -0.39 is 23.4 Å². The number of halogens is 3. The highest BCUT2D eigenvalue weighted by atomic mass is 19.4. The fraction of sp³-hybridized carbons (Fsp3) is 0.0833. The number of hydrazone groups is 1. The Morgan fingerprint density at radius 2 is 1.48 bits per heavy atom. The van der Waals surface area contributed by atoms with Crippen LogP contribution >= 0.6 is 0 Å². The first-order chi connectivity index (χ1) is 14.9. The van der Waals surface area contributed by atoms with Crippen LogP contribution in [0.5, 0.6) is 5.75 Å². The van der Waals surface area contributed by atoms with Gasteiger partial charge >= 0.3 is 6.18 Å². The minimum atomic E-state index is -4.76. The Balaban J connectivity index is 1.56. The first-order valence-electron chi connectivity index (χ1n) is 9.46. The van der Waals surface area contributed by atoms with E-state index in [-0.39, 0.29) is 5.69 Å². The summed E-state index contributed by atoms with van der Waals surface area (Å²) in [6.07, 6.45) is -3.57. The van der Waals surface area contributed by atoms with Gasteiger partial charge in [0.05, 0.1) is 11.3 Å². The molecule has 3 aromatic carbocycles. The predicted octanol–water partition coefficient (Wildman–Crippen LogP) is 5.61. The first kappa shape index (κ1) is 20.4. The molecule has 0 aromatic heterocycles. The van der Waals surface area contributed by atoms with Crippen LogP contribution in [-0.4, -0.2) is 17.8 Å². The van der Waals surface area contributed by atoms with E-state index in [9.17, 15) is 18.0 Å². The Bertz CT molecular complexity index is 1120. The average Bonchev–Trinajstić information content (AvgIpc) is 3.11. The summed E-state index contributed by atoms with van der Waals surface area (Å²) >= 11 is 0. The van der Waals surface area contributed by atoms with Gasteiger partial charge in [-0.2, -0.15) is 23.3 Å². The van der Waals surface area contributed by atoms with Crippen molar-refractivity contribution in [2.45, 2.75) is 12.8 Å². The van der Waals surface area contributed by atoms with Gasteiger partial charge in [0.2, 0.25) is 0 Å². The van der Waals surface area contributed by atoms with Gasteiger partial charge in [0.15, 0.2) is 5.71 Å². The third-order valence-electron chi connectivity index (χ3n) is 4.59. The smallest absolute Gasteiger partial charge is 0.435 e. The Morgan fingerprint density at radius 3 is 2.10 bits per heavy atom. The molecule has 3 aromatic rings. The number of hydrogen-bond donors (Lipinski definition) is 0. The summed E-state index contributed by atoms with van der Waals surface area (Å²) in [6.45, 7) is 0.372. The van der Waals surface area contributed by atoms with Crippen molar-refractivity contribution in [2.24, 2.45) is 5.10 Å². The molecule has 0 bridgehead atoms. The molecule has 7 heteroatoms. The minimum absolute atomic E-state index is 0.266. The van der Waals surface area contributed by atoms with Crippen molar-refractivity contribution in [3.8, 4) is 5.75 Å². The molecule has 0 aliphatic carbocycles. The summed E-state index contributed by atoms with van der Waals surface area (Å²) in [5.74, 6) is -0.262. The minimum Gasteiger partial charge on any atom is -0.489 e. The van der Waals surface area contributed by atoms with Gasteiger partial charge in [-0.3, -0.25) is 4.79 Å². The molecule has 0 atom stereocenters. The number of hydrogen-bond acceptors (Lipinski definition) is 3. The monoisotopic (exact) mass is 422 g/mol. The van der Waals surface area contributed by atoms with E-state index in [0.29, 0.717) is 17.9 Å². The molecule has 156 valence electrons. The van der Waals surface area contributed by atoms with Gasteiger partial charge in [0, 0.05) is 0 Å². The Morgan fingerprint density at radius 1 is 0.871 bits per heavy atom. The van der Waals surface area contributed by atoms with E-state index in [1.807, 2.05) is 30.3 Å². The quantitative estimate of drug-likeness (QED) is 0.501. The predicted molar refractivity (Wildman–Crippen MR) is 113 cm³/mol. The molecule has 1 amide bonds. The van der Waals surface area contributed by atoms with Crippen molar-refractivity contribution in [3.05, 3.63) is 102 Å². The van der Waals surface area contributed by atoms with Crippen LogP contribution in [0.1, 0.15) is 11.1 Å². The maximum absolute atomic E-state index is 13.5. The summed E-state index contributed by atoms with van der Waals surface area (Å²) < 4.78 is 46.3. The van der Waals surface area contributed by atoms with Crippen LogP contribution in [0.4, 0.5) is 18.9 Å². The molecule has 0 spiro atoms. The largest absolute Gasteiger partial charge is 0.489 e. The number of benzene rings is 3. The number of nitrogens with zero attached hydrogens (tertiary/aromatic N) is 2. The maximum atomic E-state index is 13.5. The number of anilines is 1. The van der Waals surface area contributed by atoms with E-state index in [4.69, 9.17) is 4.74 Å². The van der Waals surface area contributed by atoms with Crippen molar-refractivity contribution in [2.75, 3.05) is 5.01 Å². The van der Waals surface area contributed by atoms with Crippen LogP contribution in [0, 0.1) is 0 Å². The summed E-state index contributed by atoms with van der Waals surface area (Å²) in [5.41, 5.74) is -0.0260. The summed E-state index contributed by atoms with van der Waals surface area (Å²) in [7, 11) is 0. The molecule has 0 fully saturated rings. The van der Waals surface area contributed by atoms with E-state index in [1.165, 1.54) is 18.2 Å². The van der Waals surface area contributed by atoms with Crippen molar-refractivity contribution in [3.63, 3.8) is 0 Å². The van der Waals surface area contributed by atoms with E-state index >= 15 is 0 Å². The van der Waals surface area contributed by atoms with Gasteiger partial charge in [0.1, 0.15) is 12.4 Å². The molecule has 0 unspecified atom stereocenters. The summed E-state index contributed by atoms with van der Waals surface area (Å²) in [6, 6.07) is 24.1. The molecule has 1 aliphatic heterocycles. The van der Waals surface area contributed by atoms with Gasteiger partial charge in [-0.15, -0.1) is 0 Å². The fourth-order valence-corrected chi connectivity index (χ4v) is 3.07. The van der Waals surface area contributed by atoms with E-state index in [0.717, 1.165) is 10.6 Å². The normalized spacial score (nSPS) is 15.3. The van der Waals surface area contributed by atoms with Gasteiger partial charge in [0.25, 0.3) is 5.91 Å². The molecule has 31 heavy (non-hydrogen) atoms. The van der Waals surface area contributed by atoms with Crippen molar-refractivity contribution >= 4 is 23.4 Å². The summed E-state index contributed by atoms with van der Waals surface area (Å²) in [4.78, 5) is 12.7. The zero-order valence-corrected chi connectivity index (χ0v) is 16.2. The van der Waals surface area contributed by atoms with Gasteiger partial charge in [-0.05, 0) is 41.5 Å². The van der Waals surface area contributed by atoms with Crippen molar-refractivity contribution in [1.29, 1.82) is 0 Å². The molecule has 1 aliphatic rings. The van der Waals surface area contributed by atoms with Crippen LogP contribution in [0.2, 0.25) is 0 Å². The highest BCUT2D eigenvalue weighted by molar-refractivity contribution is 6.34. The second-order valence-corrected chi connectivity index (χ2v) is 6.80. The van der Waals surface area contributed by atoms with Crippen molar-refractivity contribution < 1.29 is 22.7 Å². The molecule has 0 radical (unpaired) electrons. The number of para-hydroxylation sites is 1. The van der Waals surface area contributed by atoms with Gasteiger partial charge in [-0.1, -0.05) is 60.7 Å². The van der Waals surface area contributed by atoms with E-state index in [2.05, 4.69) is 5.10 Å². The highest BCUT2D eigenvalue weighted by Gasteiger charge is 2.46. The number of ether oxygens (including phenoxy) is 1. The Labute approximate surface area is 176 Å². The standard InChI is InChI=1S/C24H17F3N2O2/c25-24(26,27)22-21(23(30)29(28-22)19-9-5-2-6-10-19)15-17-11-13-20(14-12-17)31-16-18-7-3-1-4-8-18/h1-15H,16H2/b21-15-. The highest BCUT2D eigenvalue weighted by Crippen LogP contribution is 2.32. The molecule has 1 heterocycles. The lowest BCUT2D eigenvalue weighted by molar-refractivity contribution is -0.114. The molecule has 0 saturated heterocycles. The first-order valence-corrected chi connectivity index (χ1v) is 9.46. The lowest BCUT2D eigenvalue weighted by Gasteiger charge is -2.11. The number of amides is 1. The lowest BCUT2D eigenvalue weighted by Crippen LogP contribution is -2.25. The molecule has 0 saturated carbocycles. The molecule has 4 rings (SSSR count). The van der Waals surface area contributed by atoms with Crippen molar-refractivity contribution in [1.82, 2.24) is 0 Å². The Hall–Kier alpha value is -3.87. The van der Waals surface area contributed by atoms with Crippen LogP contribution in [0.3, 0.4) is 0 Å².